The molecule has 4 aromatic rings. The van der Waals surface area contributed by atoms with Gasteiger partial charge in [-0.2, -0.15) is 17.6 Å². The standard InChI is InChI=1S/C23H12F5NO6/c24-13-5-8(23(26,27)28)1-3-10(13)12-7-29-14-6-9(30)2-4-11(14)15(12)18(31)16-19(32)21(34)17(25)22(35)20(16)33/h1-7,30,32-35H. The normalized spacial score (nSPS) is 11.7. The molecule has 0 aliphatic rings. The van der Waals surface area contributed by atoms with Crippen LogP contribution in [0.1, 0.15) is 21.5 Å². The van der Waals surface area contributed by atoms with E-state index in [1.54, 1.807) is 0 Å². The van der Waals surface area contributed by atoms with Crippen molar-refractivity contribution < 1.29 is 52.3 Å². The van der Waals surface area contributed by atoms with E-state index in [4.69, 9.17) is 0 Å². The molecule has 7 nitrogen and oxygen atoms in total. The van der Waals surface area contributed by atoms with Gasteiger partial charge in [-0.25, -0.2) is 4.39 Å². The summed E-state index contributed by atoms with van der Waals surface area (Å²) in [7, 11) is 0. The highest BCUT2D eigenvalue weighted by Gasteiger charge is 2.33. The molecule has 12 heteroatoms. The Morgan fingerprint density at radius 3 is 1.97 bits per heavy atom. The molecule has 35 heavy (non-hydrogen) atoms. The first-order chi connectivity index (χ1) is 16.3. The second-order valence-corrected chi connectivity index (χ2v) is 7.35. The van der Waals surface area contributed by atoms with Crippen LogP contribution < -0.4 is 0 Å². The third kappa shape index (κ3) is 3.78. The van der Waals surface area contributed by atoms with Crippen LogP contribution in [0.2, 0.25) is 0 Å². The molecule has 0 aliphatic carbocycles. The van der Waals surface area contributed by atoms with Crippen LogP contribution in [-0.2, 0) is 6.18 Å². The van der Waals surface area contributed by atoms with Crippen molar-refractivity contribution in [2.45, 2.75) is 6.18 Å². The SMILES string of the molecule is O=C(c1c(O)c(O)c(F)c(O)c1O)c1c(-c2ccc(C(F)(F)F)cc2F)cnc2cc(O)ccc12. The number of halogens is 5. The van der Waals surface area contributed by atoms with Crippen molar-refractivity contribution in [2.24, 2.45) is 0 Å². The average Bonchev–Trinajstić information content (AvgIpc) is 2.80. The summed E-state index contributed by atoms with van der Waals surface area (Å²) in [6.07, 6.45) is -3.96. The number of hydrogen-bond donors (Lipinski definition) is 5. The summed E-state index contributed by atoms with van der Waals surface area (Å²) in [5, 5.41) is 49.3. The first-order valence-corrected chi connectivity index (χ1v) is 9.51. The maximum atomic E-state index is 14.8. The zero-order valence-electron chi connectivity index (χ0n) is 17.0. The van der Waals surface area contributed by atoms with E-state index in [1.807, 2.05) is 0 Å². The molecule has 1 aromatic heterocycles. The second kappa shape index (κ2) is 8.01. The van der Waals surface area contributed by atoms with Gasteiger partial charge < -0.3 is 25.5 Å². The van der Waals surface area contributed by atoms with E-state index in [0.29, 0.717) is 6.07 Å². The van der Waals surface area contributed by atoms with E-state index in [2.05, 4.69) is 4.98 Å². The third-order valence-corrected chi connectivity index (χ3v) is 5.23. The van der Waals surface area contributed by atoms with Gasteiger partial charge in [0.1, 0.15) is 17.1 Å². The fourth-order valence-corrected chi connectivity index (χ4v) is 3.55. The fourth-order valence-electron chi connectivity index (χ4n) is 3.55. The van der Waals surface area contributed by atoms with Crippen molar-refractivity contribution in [3.8, 4) is 39.9 Å². The number of pyridine rings is 1. The largest absolute Gasteiger partial charge is 0.508 e. The molecule has 0 amide bonds. The molecule has 5 N–H and O–H groups in total. The molecule has 0 spiro atoms. The Balaban J connectivity index is 2.07. The Morgan fingerprint density at radius 1 is 0.771 bits per heavy atom. The zero-order valence-corrected chi connectivity index (χ0v) is 17.0. The number of phenolic OH excluding ortho intramolecular Hbond substituents is 5. The number of carbonyl (C=O) groups excluding carboxylic acids is 1. The van der Waals surface area contributed by atoms with Crippen LogP contribution in [0.25, 0.3) is 22.0 Å². The van der Waals surface area contributed by atoms with Gasteiger partial charge in [-0.1, -0.05) is 6.07 Å². The Bertz CT molecular complexity index is 1500. The number of fused-ring (bicyclic) bond motifs is 1. The number of nitrogens with zero attached hydrogens (tertiary/aromatic N) is 1. The van der Waals surface area contributed by atoms with Crippen molar-refractivity contribution in [3.63, 3.8) is 0 Å². The number of hydrogen-bond acceptors (Lipinski definition) is 7. The van der Waals surface area contributed by atoms with Gasteiger partial charge in [-0.3, -0.25) is 9.78 Å². The average molecular weight is 493 g/mol. The van der Waals surface area contributed by atoms with E-state index in [0.717, 1.165) is 30.5 Å². The maximum absolute atomic E-state index is 14.8. The molecule has 0 saturated carbocycles. The highest BCUT2D eigenvalue weighted by atomic mass is 19.4. The monoisotopic (exact) mass is 493 g/mol. The summed E-state index contributed by atoms with van der Waals surface area (Å²) in [4.78, 5) is 17.5. The number of aromatic nitrogens is 1. The molecule has 3 aromatic carbocycles. The van der Waals surface area contributed by atoms with Gasteiger partial charge >= 0.3 is 6.18 Å². The number of alkyl halides is 3. The number of phenols is 5. The highest BCUT2D eigenvalue weighted by molar-refractivity contribution is 6.22. The molecule has 4 rings (SSSR count). The van der Waals surface area contributed by atoms with Gasteiger partial charge in [-0.15, -0.1) is 0 Å². The molecule has 0 unspecified atom stereocenters. The molecule has 0 radical (unpaired) electrons. The van der Waals surface area contributed by atoms with E-state index in [-0.39, 0.29) is 22.7 Å². The van der Waals surface area contributed by atoms with Crippen LogP contribution in [0, 0.1) is 11.6 Å². The minimum atomic E-state index is -4.86. The molecule has 0 fully saturated rings. The van der Waals surface area contributed by atoms with Crippen molar-refractivity contribution in [3.05, 3.63) is 70.9 Å². The lowest BCUT2D eigenvalue weighted by Gasteiger charge is -2.16. The number of carbonyl (C=O) groups is 1. The Labute approximate surface area is 191 Å². The van der Waals surface area contributed by atoms with Gasteiger partial charge in [0.15, 0.2) is 23.0 Å². The Kier molecular flexibility index (Phi) is 5.39. The minimum absolute atomic E-state index is 0.0565. The van der Waals surface area contributed by atoms with Gasteiger partial charge in [0.2, 0.25) is 11.6 Å². The summed E-state index contributed by atoms with van der Waals surface area (Å²) < 4.78 is 67.6. The van der Waals surface area contributed by atoms with Gasteiger partial charge in [-0.05, 0) is 24.3 Å². The maximum Gasteiger partial charge on any atom is 0.416 e. The predicted octanol–water partition coefficient (Wildman–Crippen LogP) is 4.96. The molecule has 0 bridgehead atoms. The molecule has 0 saturated heterocycles. The minimum Gasteiger partial charge on any atom is -0.508 e. The summed E-state index contributed by atoms with van der Waals surface area (Å²) in [5.41, 5.74) is -4.02. The van der Waals surface area contributed by atoms with Crippen LogP contribution in [0.4, 0.5) is 22.0 Å². The molecule has 0 atom stereocenters. The third-order valence-electron chi connectivity index (χ3n) is 5.23. The van der Waals surface area contributed by atoms with Crippen molar-refractivity contribution >= 4 is 16.7 Å². The number of aromatic hydroxyl groups is 5. The summed E-state index contributed by atoms with van der Waals surface area (Å²) in [6, 6.07) is 4.82. The zero-order chi connectivity index (χ0) is 25.8. The Morgan fingerprint density at radius 2 is 1.40 bits per heavy atom. The first kappa shape index (κ1) is 23.5. The smallest absolute Gasteiger partial charge is 0.416 e. The van der Waals surface area contributed by atoms with Crippen LogP contribution in [0.5, 0.6) is 28.7 Å². The van der Waals surface area contributed by atoms with Gasteiger partial charge in [0, 0.05) is 34.3 Å². The Hall–Kier alpha value is -4.61. The lowest BCUT2D eigenvalue weighted by molar-refractivity contribution is -0.137. The highest BCUT2D eigenvalue weighted by Crippen LogP contribution is 2.47. The van der Waals surface area contributed by atoms with Crippen molar-refractivity contribution in [1.29, 1.82) is 0 Å². The van der Waals surface area contributed by atoms with Crippen LogP contribution in [0.15, 0.2) is 42.6 Å². The molecular formula is C23H12F5NO6. The summed E-state index contributed by atoms with van der Waals surface area (Å²) in [5.74, 6) is -10.9. The first-order valence-electron chi connectivity index (χ1n) is 9.51. The number of ketones is 1. The lowest BCUT2D eigenvalue weighted by Crippen LogP contribution is -2.09. The quantitative estimate of drug-likeness (QED) is 0.118. The van der Waals surface area contributed by atoms with Gasteiger partial charge in [0.05, 0.1) is 11.1 Å². The predicted molar refractivity (Wildman–Crippen MR) is 110 cm³/mol. The summed E-state index contributed by atoms with van der Waals surface area (Å²) >= 11 is 0. The molecule has 0 aliphatic heterocycles. The van der Waals surface area contributed by atoms with Crippen LogP contribution in [-0.4, -0.2) is 36.3 Å². The van der Waals surface area contributed by atoms with E-state index < -0.39 is 74.4 Å². The number of rotatable bonds is 3. The van der Waals surface area contributed by atoms with Crippen molar-refractivity contribution in [2.75, 3.05) is 0 Å². The topological polar surface area (TPSA) is 131 Å². The summed E-state index contributed by atoms with van der Waals surface area (Å²) in [6.45, 7) is 0. The lowest BCUT2D eigenvalue weighted by atomic mass is 9.90. The van der Waals surface area contributed by atoms with E-state index >= 15 is 0 Å². The molecular weight excluding hydrogens is 481 g/mol. The number of benzene rings is 3. The van der Waals surface area contributed by atoms with E-state index in [1.165, 1.54) is 0 Å². The van der Waals surface area contributed by atoms with E-state index in [9.17, 15) is 52.3 Å². The van der Waals surface area contributed by atoms with Crippen LogP contribution >= 0.6 is 0 Å². The van der Waals surface area contributed by atoms with Crippen molar-refractivity contribution in [1.82, 2.24) is 4.98 Å². The second-order valence-electron chi connectivity index (χ2n) is 7.35. The fraction of sp³-hybridized carbons (Fsp3) is 0.0435. The molecule has 1 heterocycles. The van der Waals surface area contributed by atoms with Gasteiger partial charge in [0.25, 0.3) is 0 Å². The molecule has 180 valence electrons. The van der Waals surface area contributed by atoms with Crippen LogP contribution in [0.3, 0.4) is 0 Å².